The molecule has 80 valence electrons. The molecule has 1 aromatic rings. The van der Waals surface area contributed by atoms with Gasteiger partial charge in [0.2, 0.25) is 0 Å². The zero-order valence-electron chi connectivity index (χ0n) is 8.52. The van der Waals surface area contributed by atoms with E-state index in [2.05, 4.69) is 5.32 Å². The maximum absolute atomic E-state index is 11.1. The lowest BCUT2D eigenvalue weighted by Crippen LogP contribution is -2.38. The van der Waals surface area contributed by atoms with Crippen molar-refractivity contribution in [3.8, 4) is 0 Å². The van der Waals surface area contributed by atoms with Crippen molar-refractivity contribution in [3.63, 3.8) is 0 Å². The quantitative estimate of drug-likeness (QED) is 0.774. The summed E-state index contributed by atoms with van der Waals surface area (Å²) in [6, 6.07) is 9.78. The molecule has 0 amide bonds. The number of carboxylic acids is 1. The summed E-state index contributed by atoms with van der Waals surface area (Å²) in [5, 5.41) is 12.4. The van der Waals surface area contributed by atoms with Gasteiger partial charge < -0.3 is 10.4 Å². The van der Waals surface area contributed by atoms with Crippen molar-refractivity contribution in [1.29, 1.82) is 0 Å². The molecule has 3 heteroatoms. The second-order valence-corrected chi connectivity index (χ2v) is 3.93. The van der Waals surface area contributed by atoms with Crippen molar-refractivity contribution in [1.82, 2.24) is 5.32 Å². The molecule has 1 saturated heterocycles. The monoisotopic (exact) mass is 205 g/mol. The Bertz CT molecular complexity index is 337. The normalized spacial score (nSPS) is 26.1. The number of piperidine rings is 1. The highest BCUT2D eigenvalue weighted by atomic mass is 16.4. The predicted octanol–water partition coefficient (Wildman–Crippen LogP) is 1.81. The molecule has 15 heavy (non-hydrogen) atoms. The molecule has 2 rings (SSSR count). The van der Waals surface area contributed by atoms with E-state index >= 15 is 0 Å². The molecule has 2 N–H and O–H groups in total. The minimum atomic E-state index is -0.698. The minimum absolute atomic E-state index is 0.0301. The Labute approximate surface area is 89.1 Å². The Hall–Kier alpha value is -1.35. The van der Waals surface area contributed by atoms with E-state index in [9.17, 15) is 4.79 Å². The molecule has 0 bridgehead atoms. The molecule has 0 aromatic heterocycles. The summed E-state index contributed by atoms with van der Waals surface area (Å²) in [4.78, 5) is 11.1. The van der Waals surface area contributed by atoms with Crippen molar-refractivity contribution in [2.75, 3.05) is 6.54 Å². The number of aliphatic carboxylic acids is 1. The fourth-order valence-electron chi connectivity index (χ4n) is 2.17. The highest BCUT2D eigenvalue weighted by Crippen LogP contribution is 2.29. The first-order valence-corrected chi connectivity index (χ1v) is 5.30. The number of benzene rings is 1. The molecule has 0 spiro atoms. The Morgan fingerprint density at radius 2 is 2.07 bits per heavy atom. The molecular formula is C12H15NO2. The molecule has 1 aliphatic heterocycles. The molecular weight excluding hydrogens is 190 g/mol. The summed E-state index contributed by atoms with van der Waals surface area (Å²) in [7, 11) is 0. The van der Waals surface area contributed by atoms with E-state index in [1.54, 1.807) is 0 Å². The van der Waals surface area contributed by atoms with Crippen LogP contribution in [0.4, 0.5) is 0 Å². The lowest BCUT2D eigenvalue weighted by Gasteiger charge is -2.30. The van der Waals surface area contributed by atoms with E-state index in [0.717, 1.165) is 24.9 Å². The van der Waals surface area contributed by atoms with Crippen LogP contribution in [-0.4, -0.2) is 17.6 Å². The van der Waals surface area contributed by atoms with Crippen molar-refractivity contribution in [2.45, 2.75) is 18.9 Å². The highest BCUT2D eigenvalue weighted by Gasteiger charge is 2.31. The van der Waals surface area contributed by atoms with Crippen LogP contribution in [0.15, 0.2) is 30.3 Å². The van der Waals surface area contributed by atoms with Crippen LogP contribution < -0.4 is 5.32 Å². The number of nitrogens with one attached hydrogen (secondary N) is 1. The number of rotatable bonds is 2. The third-order valence-corrected chi connectivity index (χ3v) is 2.93. The van der Waals surface area contributed by atoms with Crippen LogP contribution in [0.5, 0.6) is 0 Å². The zero-order chi connectivity index (χ0) is 10.7. The van der Waals surface area contributed by atoms with Crippen LogP contribution in [0.3, 0.4) is 0 Å². The van der Waals surface area contributed by atoms with Gasteiger partial charge >= 0.3 is 5.97 Å². The maximum atomic E-state index is 11.1. The first-order chi connectivity index (χ1) is 7.29. The van der Waals surface area contributed by atoms with Gasteiger partial charge in [0.05, 0.1) is 5.92 Å². The van der Waals surface area contributed by atoms with Crippen molar-refractivity contribution in [3.05, 3.63) is 35.9 Å². The van der Waals surface area contributed by atoms with Gasteiger partial charge in [-0.15, -0.1) is 0 Å². The van der Waals surface area contributed by atoms with Crippen molar-refractivity contribution < 1.29 is 9.90 Å². The smallest absolute Gasteiger partial charge is 0.308 e. The maximum Gasteiger partial charge on any atom is 0.308 e. The van der Waals surface area contributed by atoms with Gasteiger partial charge in [-0.3, -0.25) is 4.79 Å². The second-order valence-electron chi connectivity index (χ2n) is 3.93. The molecule has 0 saturated carbocycles. The van der Waals surface area contributed by atoms with Gasteiger partial charge in [0.1, 0.15) is 0 Å². The fraction of sp³-hybridized carbons (Fsp3) is 0.417. The van der Waals surface area contributed by atoms with E-state index in [-0.39, 0.29) is 12.0 Å². The van der Waals surface area contributed by atoms with Gasteiger partial charge in [0.15, 0.2) is 0 Å². The molecule has 1 fully saturated rings. The molecule has 1 aromatic carbocycles. The standard InChI is InChI=1S/C12H15NO2/c14-12(15)10-7-4-8-13-11(10)9-5-2-1-3-6-9/h1-3,5-6,10-11,13H,4,7-8H2,(H,14,15)/t10-,11+/m0/s1. The lowest BCUT2D eigenvalue weighted by atomic mass is 9.86. The predicted molar refractivity (Wildman–Crippen MR) is 57.5 cm³/mol. The molecule has 3 nitrogen and oxygen atoms in total. The number of carboxylic acid groups (broad SMARTS) is 1. The van der Waals surface area contributed by atoms with Crippen LogP contribution in [0.2, 0.25) is 0 Å². The molecule has 0 radical (unpaired) electrons. The fourth-order valence-corrected chi connectivity index (χ4v) is 2.17. The van der Waals surface area contributed by atoms with E-state index in [4.69, 9.17) is 5.11 Å². The zero-order valence-corrected chi connectivity index (χ0v) is 8.52. The van der Waals surface area contributed by atoms with Crippen LogP contribution in [0, 0.1) is 5.92 Å². The molecule has 0 aliphatic carbocycles. The first kappa shape index (κ1) is 10.2. The lowest BCUT2D eigenvalue weighted by molar-refractivity contribution is -0.143. The molecule has 1 aliphatic rings. The second kappa shape index (κ2) is 4.45. The van der Waals surface area contributed by atoms with Crippen LogP contribution in [-0.2, 0) is 4.79 Å². The van der Waals surface area contributed by atoms with E-state index in [1.165, 1.54) is 0 Å². The summed E-state index contributed by atoms with van der Waals surface area (Å²) in [5.41, 5.74) is 1.07. The van der Waals surface area contributed by atoms with Crippen molar-refractivity contribution >= 4 is 5.97 Å². The molecule has 2 atom stereocenters. The summed E-state index contributed by atoms with van der Waals surface area (Å²) in [6.07, 6.45) is 1.71. The van der Waals surface area contributed by atoms with Crippen LogP contribution >= 0.6 is 0 Å². The number of carbonyl (C=O) groups is 1. The first-order valence-electron chi connectivity index (χ1n) is 5.30. The van der Waals surface area contributed by atoms with Gasteiger partial charge in [-0.1, -0.05) is 30.3 Å². The topological polar surface area (TPSA) is 49.3 Å². The van der Waals surface area contributed by atoms with Crippen LogP contribution in [0.1, 0.15) is 24.4 Å². The highest BCUT2D eigenvalue weighted by molar-refractivity contribution is 5.71. The van der Waals surface area contributed by atoms with E-state index in [0.29, 0.717) is 0 Å². The third-order valence-electron chi connectivity index (χ3n) is 2.93. The van der Waals surface area contributed by atoms with Gasteiger partial charge in [-0.05, 0) is 24.9 Å². The third kappa shape index (κ3) is 2.18. The number of hydrogen-bond donors (Lipinski definition) is 2. The Kier molecular flexibility index (Phi) is 3.02. The van der Waals surface area contributed by atoms with E-state index < -0.39 is 5.97 Å². The van der Waals surface area contributed by atoms with Crippen molar-refractivity contribution in [2.24, 2.45) is 5.92 Å². The van der Waals surface area contributed by atoms with Gasteiger partial charge in [0.25, 0.3) is 0 Å². The summed E-state index contributed by atoms with van der Waals surface area (Å²) in [6.45, 7) is 0.906. The largest absolute Gasteiger partial charge is 0.481 e. The van der Waals surface area contributed by atoms with Gasteiger partial charge in [-0.25, -0.2) is 0 Å². The van der Waals surface area contributed by atoms with Gasteiger partial charge in [0, 0.05) is 6.04 Å². The Morgan fingerprint density at radius 1 is 1.33 bits per heavy atom. The molecule has 1 heterocycles. The Morgan fingerprint density at radius 3 is 2.73 bits per heavy atom. The average molecular weight is 205 g/mol. The van der Waals surface area contributed by atoms with Crippen LogP contribution in [0.25, 0.3) is 0 Å². The Balaban J connectivity index is 2.22. The molecule has 0 unspecified atom stereocenters. The SMILES string of the molecule is O=C(O)[C@H]1CCCN[C@@H]1c1ccccc1. The number of hydrogen-bond acceptors (Lipinski definition) is 2. The van der Waals surface area contributed by atoms with Gasteiger partial charge in [-0.2, -0.15) is 0 Å². The summed E-state index contributed by atoms with van der Waals surface area (Å²) < 4.78 is 0. The summed E-state index contributed by atoms with van der Waals surface area (Å²) in [5.74, 6) is -0.989. The van der Waals surface area contributed by atoms with E-state index in [1.807, 2.05) is 30.3 Å². The summed E-state index contributed by atoms with van der Waals surface area (Å²) >= 11 is 0. The average Bonchev–Trinajstić information content (AvgIpc) is 2.30. The minimum Gasteiger partial charge on any atom is -0.481 e.